The fraction of sp³-hybridized carbons (Fsp3) is 0.810. The average molecular weight is 331 g/mol. The smallest absolute Gasteiger partial charge is 0.0727 e. The molecule has 0 amide bonds. The molecule has 0 aliphatic heterocycles. The second kappa shape index (κ2) is 5.60. The summed E-state index contributed by atoms with van der Waals surface area (Å²) in [5.74, 6) is 2.58. The van der Waals surface area contributed by atoms with Crippen molar-refractivity contribution in [3.8, 4) is 0 Å². The highest BCUT2D eigenvalue weighted by atomic mass is 16.3. The van der Waals surface area contributed by atoms with E-state index in [1.165, 1.54) is 31.4 Å². The van der Waals surface area contributed by atoms with Crippen LogP contribution in [0.5, 0.6) is 0 Å². The van der Waals surface area contributed by atoms with Crippen molar-refractivity contribution in [3.05, 3.63) is 23.9 Å². The Morgan fingerprint density at radius 1 is 1.12 bits per heavy atom. The van der Waals surface area contributed by atoms with Crippen molar-refractivity contribution in [2.45, 2.75) is 58.1 Å². The summed E-state index contributed by atoms with van der Waals surface area (Å²) in [6.07, 6.45) is 12.8. The van der Waals surface area contributed by atoms with Crippen LogP contribution in [0, 0.1) is 34.5 Å². The zero-order valence-corrected chi connectivity index (χ0v) is 15.7. The topological polar surface area (TPSA) is 44.3 Å². The summed E-state index contributed by atoms with van der Waals surface area (Å²) in [5, 5.41) is 17.3. The first kappa shape index (κ1) is 16.7. The Labute approximate surface area is 147 Å². The predicted molar refractivity (Wildman–Crippen MR) is 98.4 cm³/mol. The van der Waals surface area contributed by atoms with Gasteiger partial charge in [0.05, 0.1) is 6.10 Å². The monoisotopic (exact) mass is 330 g/mol. The van der Waals surface area contributed by atoms with Gasteiger partial charge in [-0.3, -0.25) is 0 Å². The fourth-order valence-corrected chi connectivity index (χ4v) is 7.00. The number of aliphatic hydroxyl groups is 1. The van der Waals surface area contributed by atoms with Crippen LogP contribution in [0.25, 0.3) is 0 Å². The van der Waals surface area contributed by atoms with Gasteiger partial charge in [-0.25, -0.2) is 0 Å². The lowest BCUT2D eigenvalue weighted by molar-refractivity contribution is -0.0342. The second-order valence-electron chi connectivity index (χ2n) is 9.21. The second-order valence-corrected chi connectivity index (χ2v) is 9.21. The molecular formula is C21H34N2O. The van der Waals surface area contributed by atoms with Gasteiger partial charge in [0.2, 0.25) is 0 Å². The Morgan fingerprint density at radius 2 is 1.92 bits per heavy atom. The summed E-state index contributed by atoms with van der Waals surface area (Å²) >= 11 is 0. The quantitative estimate of drug-likeness (QED) is 0.682. The first-order valence-corrected chi connectivity index (χ1v) is 9.88. The number of fused-ring (bicyclic) bond motifs is 5. The van der Waals surface area contributed by atoms with Gasteiger partial charge >= 0.3 is 0 Å². The lowest BCUT2D eigenvalue weighted by atomic mass is 9.47. The van der Waals surface area contributed by atoms with Crippen LogP contribution < -0.4 is 10.6 Å². The van der Waals surface area contributed by atoms with Crippen molar-refractivity contribution >= 4 is 0 Å². The zero-order valence-electron chi connectivity index (χ0n) is 15.7. The van der Waals surface area contributed by atoms with E-state index in [9.17, 15) is 5.11 Å². The van der Waals surface area contributed by atoms with Crippen LogP contribution in [0.15, 0.2) is 23.9 Å². The Bertz CT molecular complexity index is 570. The van der Waals surface area contributed by atoms with Crippen LogP contribution in [0.2, 0.25) is 0 Å². The number of hydrogen-bond acceptors (Lipinski definition) is 3. The third kappa shape index (κ3) is 2.10. The van der Waals surface area contributed by atoms with Crippen LogP contribution in [0.1, 0.15) is 46.0 Å². The van der Waals surface area contributed by atoms with Gasteiger partial charge in [0.25, 0.3) is 0 Å². The lowest BCUT2D eigenvalue weighted by Crippen LogP contribution is -2.55. The van der Waals surface area contributed by atoms with Gasteiger partial charge < -0.3 is 15.7 Å². The first-order chi connectivity index (χ1) is 11.4. The van der Waals surface area contributed by atoms with E-state index in [1.54, 1.807) is 0 Å². The molecule has 0 heterocycles. The third-order valence-corrected chi connectivity index (χ3v) is 8.42. The number of allylic oxidation sites excluding steroid dienone is 3. The summed E-state index contributed by atoms with van der Waals surface area (Å²) in [5.41, 5.74) is 2.09. The van der Waals surface area contributed by atoms with Crippen molar-refractivity contribution < 1.29 is 5.11 Å². The van der Waals surface area contributed by atoms with E-state index in [-0.39, 0.29) is 11.5 Å². The minimum atomic E-state index is -0.275. The highest BCUT2D eigenvalue weighted by Crippen LogP contribution is 2.64. The van der Waals surface area contributed by atoms with E-state index in [0.717, 1.165) is 12.3 Å². The molecule has 2 fully saturated rings. The van der Waals surface area contributed by atoms with Crippen LogP contribution >= 0.6 is 0 Å². The van der Waals surface area contributed by atoms with E-state index < -0.39 is 0 Å². The average Bonchev–Trinajstić information content (AvgIpc) is 2.91. The Kier molecular flexibility index (Phi) is 3.89. The highest BCUT2D eigenvalue weighted by Gasteiger charge is 2.59. The molecule has 0 radical (unpaired) electrons. The number of rotatable bonds is 2. The van der Waals surface area contributed by atoms with Crippen molar-refractivity contribution in [1.82, 2.24) is 10.6 Å². The molecule has 4 aliphatic rings. The molecule has 0 aromatic rings. The molecule has 0 aromatic carbocycles. The van der Waals surface area contributed by atoms with E-state index >= 15 is 0 Å². The number of aliphatic hydroxyl groups excluding tert-OH is 1. The molecule has 4 rings (SSSR count). The Hall–Kier alpha value is -0.800. The molecule has 134 valence electrons. The largest absolute Gasteiger partial charge is 0.391 e. The number of nitrogens with one attached hydrogen (secondary N) is 2. The maximum absolute atomic E-state index is 10.1. The fourth-order valence-electron chi connectivity index (χ4n) is 7.00. The van der Waals surface area contributed by atoms with Crippen LogP contribution in [0.3, 0.4) is 0 Å². The maximum Gasteiger partial charge on any atom is 0.0727 e. The van der Waals surface area contributed by atoms with Crippen molar-refractivity contribution in [2.24, 2.45) is 34.5 Å². The highest BCUT2D eigenvalue weighted by molar-refractivity contribution is 5.28. The van der Waals surface area contributed by atoms with Gasteiger partial charge in [0, 0.05) is 24.7 Å². The normalized spacial score (nSPS) is 53.0. The summed E-state index contributed by atoms with van der Waals surface area (Å²) < 4.78 is 0. The summed E-state index contributed by atoms with van der Waals surface area (Å²) in [6, 6.07) is 0.663. The van der Waals surface area contributed by atoms with Crippen LogP contribution in [0.4, 0.5) is 0 Å². The zero-order chi connectivity index (χ0) is 17.1. The molecule has 24 heavy (non-hydrogen) atoms. The Balaban J connectivity index is 1.76. The van der Waals surface area contributed by atoms with Gasteiger partial charge in [-0.1, -0.05) is 32.1 Å². The number of hydrogen-bond donors (Lipinski definition) is 3. The molecule has 3 nitrogen and oxygen atoms in total. The molecule has 0 bridgehead atoms. The molecule has 4 aliphatic carbocycles. The van der Waals surface area contributed by atoms with Crippen molar-refractivity contribution in [2.75, 3.05) is 14.1 Å². The van der Waals surface area contributed by atoms with E-state index in [0.29, 0.717) is 29.2 Å². The summed E-state index contributed by atoms with van der Waals surface area (Å²) in [6.45, 7) is 4.98. The maximum atomic E-state index is 10.1. The standard InChI is InChI=1S/C21H34N2O/c1-20-9-7-14(24)11-13(20)12-17(22-3)19-15-5-6-18(23-4)21(15,2)10-8-16(19)20/h7,9,12-16,18-19,22-24H,5-6,8,10-11H2,1-4H3/t13?,14?,15-,16-,18?,19-,20-,21+/m0/s1. The Morgan fingerprint density at radius 3 is 2.62 bits per heavy atom. The molecule has 2 saturated carbocycles. The minimum absolute atomic E-state index is 0.212. The lowest BCUT2D eigenvalue weighted by Gasteiger charge is -2.58. The van der Waals surface area contributed by atoms with Gasteiger partial charge in [0.15, 0.2) is 0 Å². The molecule has 0 spiro atoms. The predicted octanol–water partition coefficient (Wildman–Crippen LogP) is 3.08. The van der Waals surface area contributed by atoms with E-state index in [4.69, 9.17) is 0 Å². The molecular weight excluding hydrogens is 296 g/mol. The first-order valence-electron chi connectivity index (χ1n) is 9.88. The van der Waals surface area contributed by atoms with E-state index in [1.807, 2.05) is 0 Å². The molecule has 3 heteroatoms. The van der Waals surface area contributed by atoms with Crippen molar-refractivity contribution in [3.63, 3.8) is 0 Å². The van der Waals surface area contributed by atoms with Gasteiger partial charge in [-0.2, -0.15) is 0 Å². The molecule has 0 saturated heterocycles. The minimum Gasteiger partial charge on any atom is -0.391 e. The van der Waals surface area contributed by atoms with Gasteiger partial charge in [0.1, 0.15) is 0 Å². The SMILES string of the molecule is CNC1=CC2CC(O)C=C[C@]2(C)[C@H]2CC[C@@]3(C)C(NC)CC[C@H]3[C@H]12. The summed E-state index contributed by atoms with van der Waals surface area (Å²) in [4.78, 5) is 0. The van der Waals surface area contributed by atoms with Gasteiger partial charge in [-0.15, -0.1) is 0 Å². The third-order valence-electron chi connectivity index (χ3n) is 8.42. The molecule has 3 N–H and O–H groups in total. The summed E-state index contributed by atoms with van der Waals surface area (Å²) in [7, 11) is 4.24. The van der Waals surface area contributed by atoms with E-state index in [2.05, 4.69) is 56.8 Å². The van der Waals surface area contributed by atoms with Crippen LogP contribution in [-0.2, 0) is 0 Å². The van der Waals surface area contributed by atoms with Crippen molar-refractivity contribution in [1.29, 1.82) is 0 Å². The van der Waals surface area contributed by atoms with Crippen LogP contribution in [-0.4, -0.2) is 31.3 Å². The van der Waals surface area contributed by atoms with Gasteiger partial charge in [-0.05, 0) is 67.7 Å². The molecule has 0 aromatic heterocycles. The molecule has 8 atom stereocenters. The molecule has 3 unspecified atom stereocenters.